The average Bonchev–Trinajstić information content (AvgIpc) is 2.51. The Morgan fingerprint density at radius 2 is 2.10 bits per heavy atom. The van der Waals surface area contributed by atoms with Crippen LogP contribution in [0.15, 0.2) is 23.4 Å². The SMILES string of the molecule is CCOC(=O)CCCOc1ccc(/C(C)=N/O)cc1OC. The molecular weight excluding hydrogens is 274 g/mol. The first kappa shape index (κ1) is 16.8. The van der Waals surface area contributed by atoms with Gasteiger partial charge in [-0.05, 0) is 38.5 Å². The van der Waals surface area contributed by atoms with Crippen LogP contribution in [0.1, 0.15) is 32.3 Å². The van der Waals surface area contributed by atoms with E-state index in [4.69, 9.17) is 19.4 Å². The Labute approximate surface area is 124 Å². The number of hydrogen-bond donors (Lipinski definition) is 1. The molecule has 0 aliphatic carbocycles. The molecule has 0 saturated heterocycles. The van der Waals surface area contributed by atoms with E-state index < -0.39 is 0 Å². The minimum Gasteiger partial charge on any atom is -0.493 e. The van der Waals surface area contributed by atoms with E-state index in [2.05, 4.69) is 5.16 Å². The van der Waals surface area contributed by atoms with Crippen molar-refractivity contribution in [3.63, 3.8) is 0 Å². The van der Waals surface area contributed by atoms with Gasteiger partial charge in [-0.25, -0.2) is 0 Å². The van der Waals surface area contributed by atoms with Crippen molar-refractivity contribution in [1.29, 1.82) is 0 Å². The van der Waals surface area contributed by atoms with Gasteiger partial charge in [0.25, 0.3) is 0 Å². The molecule has 1 aromatic rings. The van der Waals surface area contributed by atoms with Gasteiger partial charge in [0.2, 0.25) is 0 Å². The summed E-state index contributed by atoms with van der Waals surface area (Å²) in [5.74, 6) is 0.903. The highest BCUT2D eigenvalue weighted by Crippen LogP contribution is 2.28. The second kappa shape index (κ2) is 8.84. The molecule has 0 heterocycles. The molecule has 0 saturated carbocycles. The fraction of sp³-hybridized carbons (Fsp3) is 0.467. The van der Waals surface area contributed by atoms with Crippen molar-refractivity contribution < 1.29 is 24.2 Å². The van der Waals surface area contributed by atoms with E-state index in [-0.39, 0.29) is 5.97 Å². The maximum absolute atomic E-state index is 11.2. The number of benzene rings is 1. The first-order valence-corrected chi connectivity index (χ1v) is 6.77. The molecule has 0 aliphatic rings. The molecule has 0 aliphatic heterocycles. The summed E-state index contributed by atoms with van der Waals surface area (Å²) in [6.07, 6.45) is 0.894. The minimum absolute atomic E-state index is 0.224. The van der Waals surface area contributed by atoms with Gasteiger partial charge in [-0.2, -0.15) is 0 Å². The monoisotopic (exact) mass is 295 g/mol. The van der Waals surface area contributed by atoms with Crippen molar-refractivity contribution in [1.82, 2.24) is 0 Å². The average molecular weight is 295 g/mol. The minimum atomic E-state index is -0.224. The zero-order valence-corrected chi connectivity index (χ0v) is 12.6. The zero-order valence-electron chi connectivity index (χ0n) is 12.6. The van der Waals surface area contributed by atoms with Crippen LogP contribution in [0, 0.1) is 0 Å². The Morgan fingerprint density at radius 3 is 2.71 bits per heavy atom. The van der Waals surface area contributed by atoms with Gasteiger partial charge < -0.3 is 19.4 Å². The maximum Gasteiger partial charge on any atom is 0.305 e. The number of methoxy groups -OCH3 is 1. The third-order valence-electron chi connectivity index (χ3n) is 2.82. The number of rotatable bonds is 8. The van der Waals surface area contributed by atoms with Gasteiger partial charge in [0.05, 0.1) is 26.0 Å². The standard InChI is InChI=1S/C15H21NO5/c1-4-20-15(17)6-5-9-21-13-8-7-12(11(2)16-18)10-14(13)19-3/h7-8,10,18H,4-6,9H2,1-3H3/b16-11+. The van der Waals surface area contributed by atoms with Gasteiger partial charge in [0, 0.05) is 12.0 Å². The van der Waals surface area contributed by atoms with Crippen molar-refractivity contribution in [3.05, 3.63) is 23.8 Å². The summed E-state index contributed by atoms with van der Waals surface area (Å²) in [6, 6.07) is 5.25. The molecule has 6 nitrogen and oxygen atoms in total. The summed E-state index contributed by atoms with van der Waals surface area (Å²) in [5, 5.41) is 11.9. The topological polar surface area (TPSA) is 77.4 Å². The van der Waals surface area contributed by atoms with Crippen LogP contribution in [0.3, 0.4) is 0 Å². The number of oxime groups is 1. The first-order valence-electron chi connectivity index (χ1n) is 6.77. The van der Waals surface area contributed by atoms with E-state index in [0.29, 0.717) is 43.3 Å². The second-order valence-corrected chi connectivity index (χ2v) is 4.31. The molecule has 0 atom stereocenters. The highest BCUT2D eigenvalue weighted by Gasteiger charge is 2.08. The van der Waals surface area contributed by atoms with Crippen LogP contribution < -0.4 is 9.47 Å². The summed E-state index contributed by atoms with van der Waals surface area (Å²) >= 11 is 0. The normalized spacial score (nSPS) is 11.1. The molecule has 116 valence electrons. The Hall–Kier alpha value is -2.24. The third-order valence-corrected chi connectivity index (χ3v) is 2.82. The third kappa shape index (κ3) is 5.33. The molecule has 0 spiro atoms. The van der Waals surface area contributed by atoms with Crippen molar-refractivity contribution in [2.75, 3.05) is 20.3 Å². The number of carbonyl (C=O) groups is 1. The molecule has 0 unspecified atom stereocenters. The van der Waals surface area contributed by atoms with Crippen LogP contribution in [-0.4, -0.2) is 37.2 Å². The number of carbonyl (C=O) groups excluding carboxylic acids is 1. The maximum atomic E-state index is 11.2. The number of hydrogen-bond acceptors (Lipinski definition) is 6. The molecule has 1 aromatic carbocycles. The lowest BCUT2D eigenvalue weighted by molar-refractivity contribution is -0.143. The smallest absolute Gasteiger partial charge is 0.305 e. The predicted molar refractivity (Wildman–Crippen MR) is 78.4 cm³/mol. The largest absolute Gasteiger partial charge is 0.493 e. The molecule has 21 heavy (non-hydrogen) atoms. The molecule has 6 heteroatoms. The Morgan fingerprint density at radius 1 is 1.33 bits per heavy atom. The van der Waals surface area contributed by atoms with Crippen molar-refractivity contribution in [2.24, 2.45) is 5.16 Å². The van der Waals surface area contributed by atoms with Crippen LogP contribution in [0.25, 0.3) is 0 Å². The summed E-state index contributed by atoms with van der Waals surface area (Å²) < 4.78 is 15.7. The Bertz CT molecular complexity index is 499. The molecule has 0 amide bonds. The lowest BCUT2D eigenvalue weighted by Crippen LogP contribution is -2.07. The summed E-state index contributed by atoms with van der Waals surface area (Å²) in [5.41, 5.74) is 1.23. The lowest BCUT2D eigenvalue weighted by Gasteiger charge is -2.11. The van der Waals surface area contributed by atoms with Gasteiger partial charge in [-0.3, -0.25) is 4.79 Å². The molecule has 0 bridgehead atoms. The summed E-state index contributed by atoms with van der Waals surface area (Å²) in [6.45, 7) is 4.25. The quantitative estimate of drug-likeness (QED) is 0.262. The van der Waals surface area contributed by atoms with E-state index in [1.807, 2.05) is 0 Å². The fourth-order valence-corrected chi connectivity index (χ4v) is 1.70. The lowest BCUT2D eigenvalue weighted by atomic mass is 10.1. The van der Waals surface area contributed by atoms with Crippen LogP contribution >= 0.6 is 0 Å². The van der Waals surface area contributed by atoms with E-state index in [9.17, 15) is 4.79 Å². The van der Waals surface area contributed by atoms with E-state index >= 15 is 0 Å². The molecule has 1 N–H and O–H groups in total. The Balaban J connectivity index is 2.57. The van der Waals surface area contributed by atoms with E-state index in [0.717, 1.165) is 5.56 Å². The van der Waals surface area contributed by atoms with Crippen LogP contribution in [0.2, 0.25) is 0 Å². The number of nitrogens with zero attached hydrogens (tertiary/aromatic N) is 1. The summed E-state index contributed by atoms with van der Waals surface area (Å²) in [4.78, 5) is 11.2. The van der Waals surface area contributed by atoms with Gasteiger partial charge >= 0.3 is 5.97 Å². The van der Waals surface area contributed by atoms with Crippen LogP contribution in [0.4, 0.5) is 0 Å². The highest BCUT2D eigenvalue weighted by atomic mass is 16.5. The Kier molecular flexibility index (Phi) is 7.08. The molecule has 1 rings (SSSR count). The van der Waals surface area contributed by atoms with Crippen molar-refractivity contribution in [3.8, 4) is 11.5 Å². The first-order chi connectivity index (χ1) is 10.1. The van der Waals surface area contributed by atoms with Crippen LogP contribution in [-0.2, 0) is 9.53 Å². The second-order valence-electron chi connectivity index (χ2n) is 4.31. The van der Waals surface area contributed by atoms with Crippen molar-refractivity contribution >= 4 is 11.7 Å². The van der Waals surface area contributed by atoms with E-state index in [1.54, 1.807) is 32.0 Å². The van der Waals surface area contributed by atoms with Gasteiger partial charge in [-0.1, -0.05) is 5.16 Å². The predicted octanol–water partition coefficient (Wildman–Crippen LogP) is 2.62. The highest BCUT2D eigenvalue weighted by molar-refractivity contribution is 5.98. The zero-order chi connectivity index (χ0) is 15.7. The number of ether oxygens (including phenoxy) is 3. The van der Waals surface area contributed by atoms with Gasteiger partial charge in [0.1, 0.15) is 0 Å². The van der Waals surface area contributed by atoms with Gasteiger partial charge in [0.15, 0.2) is 11.5 Å². The van der Waals surface area contributed by atoms with Crippen molar-refractivity contribution in [2.45, 2.75) is 26.7 Å². The molecule has 0 radical (unpaired) electrons. The number of esters is 1. The summed E-state index contributed by atoms with van der Waals surface area (Å²) in [7, 11) is 1.54. The van der Waals surface area contributed by atoms with Gasteiger partial charge in [-0.15, -0.1) is 0 Å². The fourth-order valence-electron chi connectivity index (χ4n) is 1.70. The van der Waals surface area contributed by atoms with Crippen LogP contribution in [0.5, 0.6) is 11.5 Å². The van der Waals surface area contributed by atoms with E-state index in [1.165, 1.54) is 7.11 Å². The molecular formula is C15H21NO5. The molecule has 0 aromatic heterocycles. The molecule has 0 fully saturated rings.